The number of hydrogen-bond donors (Lipinski definition) is 0. The van der Waals surface area contributed by atoms with Crippen LogP contribution in [0, 0.1) is 0 Å². The molecule has 0 radical (unpaired) electrons. The Bertz CT molecular complexity index is 419. The van der Waals surface area contributed by atoms with Gasteiger partial charge in [-0.05, 0) is 11.5 Å². The van der Waals surface area contributed by atoms with Crippen LogP contribution >= 0.6 is 22.2 Å². The molecule has 0 saturated carbocycles. The van der Waals surface area contributed by atoms with Crippen LogP contribution in [0.2, 0.25) is 0 Å². The Kier molecular flexibility index (Phi) is 3.18. The Morgan fingerprint density at radius 2 is 2.00 bits per heavy atom. The zero-order valence-electron chi connectivity index (χ0n) is 8.11. The van der Waals surface area contributed by atoms with Gasteiger partial charge in [-0.1, -0.05) is 25.3 Å². The lowest BCUT2D eigenvalue weighted by Gasteiger charge is -2.15. The summed E-state index contributed by atoms with van der Waals surface area (Å²) in [7, 11) is 1.64. The average Bonchev–Trinajstić information content (AvgIpc) is 2.29. The fraction of sp³-hybridized carbons (Fsp3) is 0.714. The van der Waals surface area contributed by atoms with Gasteiger partial charge in [0, 0.05) is 16.1 Å². The largest absolute Gasteiger partial charge is 0.237 e. The fourth-order valence-corrected chi connectivity index (χ4v) is 3.33. The molecule has 80 valence electrons. The zero-order chi connectivity index (χ0) is 11.0. The molecule has 0 fully saturated rings. The molecule has 4 nitrogen and oxygen atoms in total. The Morgan fingerprint density at radius 1 is 1.43 bits per heavy atom. The van der Waals surface area contributed by atoms with E-state index in [9.17, 15) is 8.42 Å². The van der Waals surface area contributed by atoms with Crippen molar-refractivity contribution in [3.8, 4) is 0 Å². The van der Waals surface area contributed by atoms with Crippen molar-refractivity contribution in [3.63, 3.8) is 0 Å². The number of rotatable bonds is 2. The second-order valence-corrected chi connectivity index (χ2v) is 7.59. The van der Waals surface area contributed by atoms with Gasteiger partial charge in [0.1, 0.15) is 5.75 Å². The molecule has 7 heteroatoms. The maximum Gasteiger partial charge on any atom is 0.237 e. The molecule has 1 heterocycles. The van der Waals surface area contributed by atoms with E-state index >= 15 is 0 Å². The second kappa shape index (κ2) is 3.75. The van der Waals surface area contributed by atoms with Crippen LogP contribution < -0.4 is 0 Å². The first-order valence-corrected chi connectivity index (χ1v) is 7.19. The third kappa shape index (κ3) is 3.18. The third-order valence-electron chi connectivity index (χ3n) is 1.57. The number of hydrogen-bond acceptors (Lipinski definition) is 5. The SMILES string of the molecule is CC(C)(C)c1nnsc1CS(=O)(=O)Cl. The van der Waals surface area contributed by atoms with Gasteiger partial charge in [0.2, 0.25) is 9.05 Å². The Hall–Kier alpha value is -0.200. The molecule has 0 aliphatic heterocycles. The molecule has 0 aliphatic rings. The molecule has 0 bridgehead atoms. The van der Waals surface area contributed by atoms with Gasteiger partial charge in [-0.15, -0.1) is 5.10 Å². The van der Waals surface area contributed by atoms with E-state index in [1.165, 1.54) is 0 Å². The third-order valence-corrected chi connectivity index (χ3v) is 3.43. The molecule has 0 aliphatic carbocycles. The summed E-state index contributed by atoms with van der Waals surface area (Å²) < 4.78 is 25.5. The lowest BCUT2D eigenvalue weighted by atomic mass is 9.92. The van der Waals surface area contributed by atoms with E-state index in [1.807, 2.05) is 20.8 Å². The Morgan fingerprint density at radius 3 is 2.43 bits per heavy atom. The normalized spacial score (nSPS) is 13.1. The van der Waals surface area contributed by atoms with Crippen molar-refractivity contribution in [2.45, 2.75) is 31.9 Å². The quantitative estimate of drug-likeness (QED) is 0.757. The van der Waals surface area contributed by atoms with Crippen molar-refractivity contribution in [1.29, 1.82) is 0 Å². The van der Waals surface area contributed by atoms with E-state index in [0.29, 0.717) is 10.6 Å². The van der Waals surface area contributed by atoms with E-state index in [1.54, 1.807) is 0 Å². The summed E-state index contributed by atoms with van der Waals surface area (Å²) in [4.78, 5) is 0.618. The van der Waals surface area contributed by atoms with Crippen LogP contribution in [0.5, 0.6) is 0 Å². The van der Waals surface area contributed by atoms with Crippen molar-refractivity contribution in [1.82, 2.24) is 9.59 Å². The van der Waals surface area contributed by atoms with Crippen molar-refractivity contribution in [2.75, 3.05) is 0 Å². The highest BCUT2D eigenvalue weighted by atomic mass is 35.7. The van der Waals surface area contributed by atoms with E-state index in [0.717, 1.165) is 11.5 Å². The number of nitrogens with zero attached hydrogens (tertiary/aromatic N) is 2. The summed E-state index contributed by atoms with van der Waals surface area (Å²) in [5, 5.41) is 3.92. The number of aromatic nitrogens is 2. The summed E-state index contributed by atoms with van der Waals surface area (Å²) in [5.74, 6) is -0.196. The smallest absolute Gasteiger partial charge is 0.212 e. The highest BCUT2D eigenvalue weighted by molar-refractivity contribution is 8.13. The standard InChI is InChI=1S/C7H11ClN2O2S2/c1-7(2,3)6-5(13-10-9-6)4-14(8,11)12/h4H2,1-3H3. The minimum atomic E-state index is -3.53. The Labute approximate surface area is 91.9 Å². The van der Waals surface area contributed by atoms with Crippen molar-refractivity contribution in [3.05, 3.63) is 10.6 Å². The minimum absolute atomic E-state index is 0.196. The molecular weight excluding hydrogens is 244 g/mol. The van der Waals surface area contributed by atoms with Gasteiger partial charge in [-0.25, -0.2) is 8.42 Å². The lowest BCUT2D eigenvalue weighted by Crippen LogP contribution is -2.14. The average molecular weight is 255 g/mol. The van der Waals surface area contributed by atoms with Gasteiger partial charge >= 0.3 is 0 Å². The maximum absolute atomic E-state index is 10.9. The summed E-state index contributed by atoms with van der Waals surface area (Å²) >= 11 is 1.08. The predicted octanol–water partition coefficient (Wildman–Crippen LogP) is 1.90. The van der Waals surface area contributed by atoms with Crippen LogP contribution in [0.15, 0.2) is 0 Å². The molecule has 0 N–H and O–H groups in total. The van der Waals surface area contributed by atoms with Gasteiger partial charge in [0.25, 0.3) is 0 Å². The minimum Gasteiger partial charge on any atom is -0.212 e. The topological polar surface area (TPSA) is 59.9 Å². The molecule has 0 unspecified atom stereocenters. The highest BCUT2D eigenvalue weighted by Crippen LogP contribution is 2.27. The van der Waals surface area contributed by atoms with Crippen LogP contribution in [0.25, 0.3) is 0 Å². The van der Waals surface area contributed by atoms with Crippen molar-refractivity contribution >= 4 is 31.3 Å². The molecule has 0 atom stereocenters. The van der Waals surface area contributed by atoms with Gasteiger partial charge in [0.05, 0.1) is 10.6 Å². The van der Waals surface area contributed by atoms with E-state index < -0.39 is 9.05 Å². The zero-order valence-corrected chi connectivity index (χ0v) is 10.5. The second-order valence-electron chi connectivity index (χ2n) is 3.98. The fourth-order valence-electron chi connectivity index (χ4n) is 1.03. The van der Waals surface area contributed by atoms with Gasteiger partial charge in [0.15, 0.2) is 0 Å². The van der Waals surface area contributed by atoms with Gasteiger partial charge < -0.3 is 0 Å². The summed E-state index contributed by atoms with van der Waals surface area (Å²) in [6.45, 7) is 5.86. The van der Waals surface area contributed by atoms with Crippen molar-refractivity contribution < 1.29 is 8.42 Å². The monoisotopic (exact) mass is 254 g/mol. The summed E-state index contributed by atoms with van der Waals surface area (Å²) in [6, 6.07) is 0. The van der Waals surface area contributed by atoms with Gasteiger partial charge in [-0.2, -0.15) is 0 Å². The molecule has 0 spiro atoms. The molecule has 0 aromatic carbocycles. The lowest BCUT2D eigenvalue weighted by molar-refractivity contribution is 0.561. The molecular formula is C7H11ClN2O2S2. The summed E-state index contributed by atoms with van der Waals surface area (Å²) in [5.41, 5.74) is 0.496. The van der Waals surface area contributed by atoms with Crippen LogP contribution in [-0.4, -0.2) is 18.0 Å². The highest BCUT2D eigenvalue weighted by Gasteiger charge is 2.24. The molecule has 1 aromatic heterocycles. The Balaban J connectivity index is 3.06. The molecule has 0 saturated heterocycles. The van der Waals surface area contributed by atoms with Crippen LogP contribution in [0.3, 0.4) is 0 Å². The molecule has 0 amide bonds. The van der Waals surface area contributed by atoms with Gasteiger partial charge in [-0.3, -0.25) is 0 Å². The van der Waals surface area contributed by atoms with Crippen LogP contribution in [0.4, 0.5) is 0 Å². The van der Waals surface area contributed by atoms with E-state index in [-0.39, 0.29) is 11.2 Å². The van der Waals surface area contributed by atoms with Crippen LogP contribution in [-0.2, 0) is 20.2 Å². The molecule has 14 heavy (non-hydrogen) atoms. The first kappa shape index (κ1) is 11.9. The molecule has 1 rings (SSSR count). The summed E-state index contributed by atoms with van der Waals surface area (Å²) in [6.07, 6.45) is 0. The van der Waals surface area contributed by atoms with E-state index in [4.69, 9.17) is 10.7 Å². The first-order chi connectivity index (χ1) is 6.20. The maximum atomic E-state index is 10.9. The first-order valence-electron chi connectivity index (χ1n) is 3.94. The van der Waals surface area contributed by atoms with Crippen LogP contribution in [0.1, 0.15) is 31.3 Å². The predicted molar refractivity (Wildman–Crippen MR) is 57.1 cm³/mol. The van der Waals surface area contributed by atoms with E-state index in [2.05, 4.69) is 9.59 Å². The number of halogens is 1. The molecule has 1 aromatic rings. The van der Waals surface area contributed by atoms with Crippen molar-refractivity contribution in [2.24, 2.45) is 0 Å².